The predicted octanol–water partition coefficient (Wildman–Crippen LogP) is 2.27. The highest BCUT2D eigenvalue weighted by Crippen LogP contribution is 2.29. The molecular formula is C17H16N4O5S. The fourth-order valence-electron chi connectivity index (χ4n) is 2.55. The molecule has 0 spiro atoms. The number of aromatic nitrogens is 2. The third kappa shape index (κ3) is 3.96. The number of nitro benzene ring substituents is 1. The second-order valence-corrected chi connectivity index (χ2v) is 7.28. The zero-order valence-corrected chi connectivity index (χ0v) is 15.1. The van der Waals surface area contributed by atoms with E-state index in [4.69, 9.17) is 4.74 Å². The van der Waals surface area contributed by atoms with E-state index in [2.05, 4.69) is 9.71 Å². The van der Waals surface area contributed by atoms with E-state index in [0.29, 0.717) is 0 Å². The minimum atomic E-state index is -3.96. The first kappa shape index (κ1) is 18.5. The van der Waals surface area contributed by atoms with Gasteiger partial charge in [-0.1, -0.05) is 18.2 Å². The van der Waals surface area contributed by atoms with E-state index in [9.17, 15) is 18.5 Å². The van der Waals surface area contributed by atoms with Crippen LogP contribution in [0.4, 0.5) is 5.69 Å². The zero-order chi connectivity index (χ0) is 19.4. The van der Waals surface area contributed by atoms with Crippen LogP contribution < -0.4 is 9.46 Å². The van der Waals surface area contributed by atoms with Crippen molar-refractivity contribution >= 4 is 15.7 Å². The topological polar surface area (TPSA) is 116 Å². The van der Waals surface area contributed by atoms with Gasteiger partial charge in [-0.3, -0.25) is 10.1 Å². The maximum Gasteiger partial charge on any atom is 0.312 e. The van der Waals surface area contributed by atoms with Crippen LogP contribution in [-0.2, 0) is 16.6 Å². The van der Waals surface area contributed by atoms with Gasteiger partial charge < -0.3 is 9.30 Å². The molecule has 0 bridgehead atoms. The van der Waals surface area contributed by atoms with E-state index in [-0.39, 0.29) is 17.2 Å². The van der Waals surface area contributed by atoms with Crippen LogP contribution >= 0.6 is 0 Å². The molecule has 1 N–H and O–H groups in total. The van der Waals surface area contributed by atoms with Crippen molar-refractivity contribution in [2.75, 3.05) is 7.11 Å². The van der Waals surface area contributed by atoms with Crippen molar-refractivity contribution in [3.8, 4) is 11.4 Å². The third-order valence-electron chi connectivity index (χ3n) is 3.88. The van der Waals surface area contributed by atoms with Gasteiger partial charge in [0.15, 0.2) is 5.75 Å². The standard InChI is InChI=1S/C17H16N4O5S/c1-26-17-7-6-14(10-16(17)21(22)23)27(24,25)19-11-13-4-2-3-5-15(13)20-9-8-18-12-20/h2-10,12,19H,11H2,1H3. The van der Waals surface area contributed by atoms with E-state index < -0.39 is 20.6 Å². The molecule has 0 fully saturated rings. The summed E-state index contributed by atoms with van der Waals surface area (Å²) < 4.78 is 34.3. The fourth-order valence-corrected chi connectivity index (χ4v) is 3.58. The molecule has 0 unspecified atom stereocenters. The number of ether oxygens (including phenoxy) is 1. The molecule has 3 aromatic rings. The molecule has 10 heteroatoms. The lowest BCUT2D eigenvalue weighted by molar-refractivity contribution is -0.386. The number of nitrogens with zero attached hydrogens (tertiary/aromatic N) is 3. The number of para-hydroxylation sites is 1. The Kier molecular flexibility index (Phi) is 5.19. The number of benzene rings is 2. The lowest BCUT2D eigenvalue weighted by atomic mass is 10.2. The monoisotopic (exact) mass is 388 g/mol. The van der Waals surface area contributed by atoms with Gasteiger partial charge in [0.1, 0.15) is 0 Å². The van der Waals surface area contributed by atoms with Crippen LogP contribution in [0.15, 0.2) is 66.1 Å². The summed E-state index contributed by atoms with van der Waals surface area (Å²) in [5, 5.41) is 11.1. The highest BCUT2D eigenvalue weighted by Gasteiger charge is 2.22. The second-order valence-electron chi connectivity index (χ2n) is 5.51. The van der Waals surface area contributed by atoms with E-state index in [1.807, 2.05) is 12.1 Å². The summed E-state index contributed by atoms with van der Waals surface area (Å²) in [7, 11) is -2.68. The molecule has 0 saturated heterocycles. The van der Waals surface area contributed by atoms with Crippen LogP contribution in [-0.4, -0.2) is 30.0 Å². The van der Waals surface area contributed by atoms with E-state index in [1.54, 1.807) is 35.4 Å². The van der Waals surface area contributed by atoms with Crippen LogP contribution in [0.1, 0.15) is 5.56 Å². The van der Waals surface area contributed by atoms with Crippen molar-refractivity contribution in [2.45, 2.75) is 11.4 Å². The molecule has 9 nitrogen and oxygen atoms in total. The molecule has 0 aliphatic heterocycles. The number of imidazole rings is 1. The number of hydrogen-bond donors (Lipinski definition) is 1. The summed E-state index contributed by atoms with van der Waals surface area (Å²) >= 11 is 0. The number of sulfonamides is 1. The quantitative estimate of drug-likeness (QED) is 0.490. The molecule has 0 aliphatic rings. The zero-order valence-electron chi connectivity index (χ0n) is 14.3. The first-order valence-corrected chi connectivity index (χ1v) is 9.29. The Morgan fingerprint density at radius 3 is 2.70 bits per heavy atom. The average molecular weight is 388 g/mol. The Morgan fingerprint density at radius 1 is 1.26 bits per heavy atom. The summed E-state index contributed by atoms with van der Waals surface area (Å²) in [6.45, 7) is 0.0104. The fraction of sp³-hybridized carbons (Fsp3) is 0.118. The first-order valence-electron chi connectivity index (χ1n) is 7.80. The van der Waals surface area contributed by atoms with Gasteiger partial charge in [-0.15, -0.1) is 0 Å². The van der Waals surface area contributed by atoms with Crippen LogP contribution in [0.2, 0.25) is 0 Å². The van der Waals surface area contributed by atoms with E-state index in [0.717, 1.165) is 17.3 Å². The molecule has 3 rings (SSSR count). The van der Waals surface area contributed by atoms with Gasteiger partial charge in [-0.25, -0.2) is 18.1 Å². The highest BCUT2D eigenvalue weighted by atomic mass is 32.2. The number of nitro groups is 1. The Balaban J connectivity index is 1.87. The van der Waals surface area contributed by atoms with Crippen LogP contribution in [0.25, 0.3) is 5.69 Å². The number of hydrogen-bond acceptors (Lipinski definition) is 6. The summed E-state index contributed by atoms with van der Waals surface area (Å²) in [6, 6.07) is 10.7. The minimum absolute atomic E-state index is 0.00981. The van der Waals surface area contributed by atoms with Crippen molar-refractivity contribution in [1.29, 1.82) is 0 Å². The van der Waals surface area contributed by atoms with Crippen molar-refractivity contribution < 1.29 is 18.1 Å². The van der Waals surface area contributed by atoms with Gasteiger partial charge in [0.2, 0.25) is 10.0 Å². The van der Waals surface area contributed by atoms with Crippen molar-refractivity contribution in [3.63, 3.8) is 0 Å². The molecular weight excluding hydrogens is 372 g/mol. The SMILES string of the molecule is COc1ccc(S(=O)(=O)NCc2ccccc2-n2ccnc2)cc1[N+](=O)[O-]. The van der Waals surface area contributed by atoms with Crippen LogP contribution in [0, 0.1) is 10.1 Å². The maximum absolute atomic E-state index is 12.6. The molecule has 27 heavy (non-hydrogen) atoms. The lowest BCUT2D eigenvalue weighted by Crippen LogP contribution is -2.24. The van der Waals surface area contributed by atoms with E-state index in [1.165, 1.54) is 19.2 Å². The Labute approximate surface area is 155 Å². The second kappa shape index (κ2) is 7.56. The van der Waals surface area contributed by atoms with Crippen molar-refractivity contribution in [1.82, 2.24) is 14.3 Å². The van der Waals surface area contributed by atoms with Gasteiger partial charge in [0.05, 0.1) is 28.9 Å². The molecule has 1 heterocycles. The molecule has 0 aliphatic carbocycles. The Hall–Kier alpha value is -3.24. The van der Waals surface area contributed by atoms with Crippen molar-refractivity contribution in [2.24, 2.45) is 0 Å². The largest absolute Gasteiger partial charge is 0.490 e. The van der Waals surface area contributed by atoms with Gasteiger partial charge in [0, 0.05) is 25.0 Å². The number of rotatable bonds is 7. The van der Waals surface area contributed by atoms with Gasteiger partial charge in [0.25, 0.3) is 0 Å². The van der Waals surface area contributed by atoms with Gasteiger partial charge in [-0.2, -0.15) is 0 Å². The maximum atomic E-state index is 12.6. The summed E-state index contributed by atoms with van der Waals surface area (Å²) in [5.41, 5.74) is 1.08. The molecule has 140 valence electrons. The first-order chi connectivity index (χ1) is 12.9. The molecule has 0 atom stereocenters. The van der Waals surface area contributed by atoms with Crippen LogP contribution in [0.5, 0.6) is 5.75 Å². The number of methoxy groups -OCH3 is 1. The summed E-state index contributed by atoms with van der Waals surface area (Å²) in [5.74, 6) is -0.00981. The summed E-state index contributed by atoms with van der Waals surface area (Å²) in [6.07, 6.45) is 4.98. The lowest BCUT2D eigenvalue weighted by Gasteiger charge is -2.12. The predicted molar refractivity (Wildman–Crippen MR) is 97.2 cm³/mol. The molecule has 2 aromatic carbocycles. The normalized spacial score (nSPS) is 11.3. The van der Waals surface area contributed by atoms with Gasteiger partial charge >= 0.3 is 5.69 Å². The molecule has 0 radical (unpaired) electrons. The molecule has 0 saturated carbocycles. The van der Waals surface area contributed by atoms with Gasteiger partial charge in [-0.05, 0) is 23.8 Å². The molecule has 0 amide bonds. The Bertz CT molecular complexity index is 1060. The Morgan fingerprint density at radius 2 is 2.04 bits per heavy atom. The summed E-state index contributed by atoms with van der Waals surface area (Å²) in [4.78, 5) is 14.2. The smallest absolute Gasteiger partial charge is 0.312 e. The number of nitrogens with one attached hydrogen (secondary N) is 1. The third-order valence-corrected chi connectivity index (χ3v) is 5.28. The minimum Gasteiger partial charge on any atom is -0.490 e. The van der Waals surface area contributed by atoms with Crippen LogP contribution in [0.3, 0.4) is 0 Å². The van der Waals surface area contributed by atoms with E-state index >= 15 is 0 Å². The highest BCUT2D eigenvalue weighted by molar-refractivity contribution is 7.89. The molecule has 1 aromatic heterocycles. The van der Waals surface area contributed by atoms with Crippen molar-refractivity contribution in [3.05, 3.63) is 76.9 Å². The average Bonchev–Trinajstić information content (AvgIpc) is 3.20.